The monoisotopic (exact) mass is 236 g/mol. The van der Waals surface area contributed by atoms with Crippen LogP contribution < -0.4 is 5.32 Å². The van der Waals surface area contributed by atoms with E-state index >= 15 is 0 Å². The molecule has 0 bridgehead atoms. The van der Waals surface area contributed by atoms with Crippen LogP contribution in [0.4, 0.5) is 5.13 Å². The number of amides is 1. The van der Waals surface area contributed by atoms with Crippen LogP contribution >= 0.6 is 11.3 Å². The highest BCUT2D eigenvalue weighted by atomic mass is 32.1. The van der Waals surface area contributed by atoms with Gasteiger partial charge in [-0.25, -0.2) is 4.98 Å². The minimum atomic E-state index is -0.334. The van der Waals surface area contributed by atoms with E-state index in [1.807, 2.05) is 6.92 Å². The molecule has 2 aromatic heterocycles. The number of hydrogen-bond acceptors (Lipinski definition) is 4. The Hall–Kier alpha value is -1.69. The second-order valence-corrected chi connectivity index (χ2v) is 4.66. The third-order valence-electron chi connectivity index (χ3n) is 2.15. The Morgan fingerprint density at radius 3 is 3.00 bits per heavy atom. The number of carbonyl (C=O) groups excluding carboxylic acids is 1. The summed E-state index contributed by atoms with van der Waals surface area (Å²) in [7, 11) is 0. The number of nitrogens with zero attached hydrogens (tertiary/aromatic N) is 3. The van der Waals surface area contributed by atoms with Crippen LogP contribution in [0.3, 0.4) is 0 Å². The summed E-state index contributed by atoms with van der Waals surface area (Å²) in [4.78, 5) is 17.0. The Kier molecular flexibility index (Phi) is 3.00. The molecule has 1 N–H and O–H groups in total. The second kappa shape index (κ2) is 4.44. The number of carbonyl (C=O) groups is 1. The number of aromatic nitrogens is 3. The summed E-state index contributed by atoms with van der Waals surface area (Å²) in [6, 6.07) is 1.45. The van der Waals surface area contributed by atoms with Gasteiger partial charge >= 0.3 is 0 Å². The first-order valence-corrected chi connectivity index (χ1v) is 5.71. The van der Waals surface area contributed by atoms with Crippen LogP contribution in [0.5, 0.6) is 0 Å². The summed E-state index contributed by atoms with van der Waals surface area (Å²) in [5, 5.41) is 7.41. The molecule has 2 heterocycles. The van der Waals surface area contributed by atoms with Gasteiger partial charge in [-0.05, 0) is 19.9 Å². The highest BCUT2D eigenvalue weighted by Gasteiger charge is 2.15. The summed E-state index contributed by atoms with van der Waals surface area (Å²) < 4.78 is 1.61. The third-order valence-corrected chi connectivity index (χ3v) is 2.98. The number of thiazole rings is 1. The molecule has 0 fully saturated rings. The summed E-state index contributed by atoms with van der Waals surface area (Å²) in [5.41, 5.74) is 0. The van der Waals surface area contributed by atoms with Crippen LogP contribution in [0.25, 0.3) is 0 Å². The van der Waals surface area contributed by atoms with E-state index in [0.717, 1.165) is 4.88 Å². The van der Waals surface area contributed by atoms with Crippen molar-refractivity contribution in [2.75, 3.05) is 5.32 Å². The fourth-order valence-corrected chi connectivity index (χ4v) is 1.92. The molecule has 2 aromatic rings. The average Bonchev–Trinajstić information content (AvgIpc) is 2.88. The molecule has 16 heavy (non-hydrogen) atoms. The molecule has 1 amide bonds. The van der Waals surface area contributed by atoms with E-state index in [4.69, 9.17) is 0 Å². The maximum Gasteiger partial charge on any atom is 0.250 e. The van der Waals surface area contributed by atoms with Crippen molar-refractivity contribution >= 4 is 22.4 Å². The molecular formula is C10H12N4OS. The van der Waals surface area contributed by atoms with E-state index in [2.05, 4.69) is 15.4 Å². The first-order valence-electron chi connectivity index (χ1n) is 4.89. The number of aryl methyl sites for hydroxylation is 1. The highest BCUT2D eigenvalue weighted by molar-refractivity contribution is 7.15. The Morgan fingerprint density at radius 2 is 2.44 bits per heavy atom. The van der Waals surface area contributed by atoms with Crippen LogP contribution in [0, 0.1) is 6.92 Å². The Morgan fingerprint density at radius 1 is 1.62 bits per heavy atom. The van der Waals surface area contributed by atoms with Gasteiger partial charge in [-0.1, -0.05) is 0 Å². The zero-order chi connectivity index (χ0) is 11.5. The molecule has 0 aliphatic carbocycles. The van der Waals surface area contributed by atoms with Gasteiger partial charge in [0.15, 0.2) is 5.13 Å². The predicted octanol–water partition coefficient (Wildman–Crippen LogP) is 1.85. The lowest BCUT2D eigenvalue weighted by atomic mass is 10.3. The SMILES string of the molecule is Cc1cnc(NC(=O)C(C)n2cccn2)s1. The maximum atomic E-state index is 11.8. The molecule has 1 atom stereocenters. The van der Waals surface area contributed by atoms with Crippen molar-refractivity contribution in [3.8, 4) is 0 Å². The van der Waals surface area contributed by atoms with Crippen molar-refractivity contribution in [3.05, 3.63) is 29.5 Å². The van der Waals surface area contributed by atoms with Gasteiger partial charge in [-0.3, -0.25) is 9.48 Å². The topological polar surface area (TPSA) is 59.8 Å². The lowest BCUT2D eigenvalue weighted by Gasteiger charge is -2.10. The van der Waals surface area contributed by atoms with Crippen molar-refractivity contribution in [3.63, 3.8) is 0 Å². The molecule has 0 aliphatic rings. The fraction of sp³-hybridized carbons (Fsp3) is 0.300. The quantitative estimate of drug-likeness (QED) is 0.884. The van der Waals surface area contributed by atoms with Crippen molar-refractivity contribution in [1.29, 1.82) is 0 Å². The second-order valence-electron chi connectivity index (χ2n) is 3.43. The first-order chi connectivity index (χ1) is 7.66. The molecule has 84 valence electrons. The Labute approximate surface area is 97.1 Å². The van der Waals surface area contributed by atoms with E-state index in [1.54, 1.807) is 36.3 Å². The number of hydrogen-bond donors (Lipinski definition) is 1. The molecule has 0 saturated heterocycles. The number of rotatable bonds is 3. The predicted molar refractivity (Wildman–Crippen MR) is 62.4 cm³/mol. The maximum absolute atomic E-state index is 11.8. The molecule has 0 spiro atoms. The lowest BCUT2D eigenvalue weighted by Crippen LogP contribution is -2.23. The normalized spacial score (nSPS) is 12.4. The minimum Gasteiger partial charge on any atom is -0.300 e. The van der Waals surface area contributed by atoms with Crippen LogP contribution in [0.15, 0.2) is 24.7 Å². The summed E-state index contributed by atoms with van der Waals surface area (Å²) in [6.45, 7) is 3.74. The number of anilines is 1. The zero-order valence-corrected chi connectivity index (χ0v) is 9.86. The van der Waals surface area contributed by atoms with Gasteiger partial charge in [0.1, 0.15) is 6.04 Å². The summed E-state index contributed by atoms with van der Waals surface area (Å²) in [6.07, 6.45) is 5.15. The lowest BCUT2D eigenvalue weighted by molar-refractivity contribution is -0.119. The van der Waals surface area contributed by atoms with E-state index in [1.165, 1.54) is 11.3 Å². The largest absolute Gasteiger partial charge is 0.300 e. The number of nitrogens with one attached hydrogen (secondary N) is 1. The molecule has 1 unspecified atom stereocenters. The van der Waals surface area contributed by atoms with Gasteiger partial charge in [0.05, 0.1) is 0 Å². The summed E-state index contributed by atoms with van der Waals surface area (Å²) >= 11 is 1.46. The van der Waals surface area contributed by atoms with Crippen LogP contribution in [0.2, 0.25) is 0 Å². The van der Waals surface area contributed by atoms with Crippen molar-refractivity contribution in [2.24, 2.45) is 0 Å². The van der Waals surface area contributed by atoms with Crippen LogP contribution in [-0.4, -0.2) is 20.7 Å². The van der Waals surface area contributed by atoms with Gasteiger partial charge in [0, 0.05) is 23.5 Å². The van der Waals surface area contributed by atoms with E-state index in [9.17, 15) is 4.79 Å². The smallest absolute Gasteiger partial charge is 0.250 e. The van der Waals surface area contributed by atoms with Gasteiger partial charge in [0.2, 0.25) is 0 Å². The molecule has 0 aliphatic heterocycles. The van der Waals surface area contributed by atoms with Crippen LogP contribution in [-0.2, 0) is 4.79 Å². The van der Waals surface area contributed by atoms with E-state index in [-0.39, 0.29) is 11.9 Å². The van der Waals surface area contributed by atoms with E-state index < -0.39 is 0 Å². The first kappa shape index (κ1) is 10.8. The van der Waals surface area contributed by atoms with E-state index in [0.29, 0.717) is 5.13 Å². The standard InChI is InChI=1S/C10H12N4OS/c1-7-6-11-10(16-7)13-9(15)8(2)14-5-3-4-12-14/h3-6,8H,1-2H3,(H,11,13,15). The molecular weight excluding hydrogens is 224 g/mol. The zero-order valence-electron chi connectivity index (χ0n) is 9.04. The molecule has 6 heteroatoms. The van der Waals surface area contributed by atoms with Crippen LogP contribution in [0.1, 0.15) is 17.8 Å². The molecule has 0 radical (unpaired) electrons. The van der Waals surface area contributed by atoms with Gasteiger partial charge in [-0.15, -0.1) is 11.3 Å². The Balaban J connectivity index is 2.03. The Bertz CT molecular complexity index is 477. The molecule has 5 nitrogen and oxygen atoms in total. The molecule has 0 saturated carbocycles. The molecule has 2 rings (SSSR count). The highest BCUT2D eigenvalue weighted by Crippen LogP contribution is 2.17. The average molecular weight is 236 g/mol. The van der Waals surface area contributed by atoms with Gasteiger partial charge in [0.25, 0.3) is 5.91 Å². The van der Waals surface area contributed by atoms with Gasteiger partial charge < -0.3 is 5.32 Å². The van der Waals surface area contributed by atoms with Crippen molar-refractivity contribution in [1.82, 2.24) is 14.8 Å². The van der Waals surface area contributed by atoms with Crippen molar-refractivity contribution < 1.29 is 4.79 Å². The summed E-state index contributed by atoms with van der Waals surface area (Å²) in [5.74, 6) is -0.113. The van der Waals surface area contributed by atoms with Crippen molar-refractivity contribution in [2.45, 2.75) is 19.9 Å². The fourth-order valence-electron chi connectivity index (χ4n) is 1.25. The minimum absolute atomic E-state index is 0.113. The third kappa shape index (κ3) is 2.27. The molecule has 0 aromatic carbocycles. The van der Waals surface area contributed by atoms with Gasteiger partial charge in [-0.2, -0.15) is 5.10 Å².